The van der Waals surface area contributed by atoms with Crippen molar-refractivity contribution in [3.63, 3.8) is 0 Å². The Labute approximate surface area is 253 Å². The van der Waals surface area contributed by atoms with Crippen molar-refractivity contribution >= 4 is 43.9 Å². The molecule has 0 saturated heterocycles. The lowest BCUT2D eigenvalue weighted by Crippen LogP contribution is -1.94. The minimum atomic E-state index is 0.673. The topological polar surface area (TPSA) is 43.9 Å². The van der Waals surface area contributed by atoms with Crippen LogP contribution in [0.4, 0.5) is 0 Å². The van der Waals surface area contributed by atoms with Gasteiger partial charge in [0, 0.05) is 33.0 Å². The van der Waals surface area contributed by atoms with Crippen molar-refractivity contribution in [1.82, 2.24) is 14.5 Å². The number of furan rings is 1. The first kappa shape index (κ1) is 24.6. The first-order valence-corrected chi connectivity index (χ1v) is 14.8. The molecule has 0 aliphatic carbocycles. The van der Waals surface area contributed by atoms with Crippen molar-refractivity contribution in [2.24, 2.45) is 0 Å². The van der Waals surface area contributed by atoms with Gasteiger partial charge in [-0.1, -0.05) is 103 Å². The Balaban J connectivity index is 1.22. The van der Waals surface area contributed by atoms with Gasteiger partial charge in [0.15, 0.2) is 11.4 Å². The summed E-state index contributed by atoms with van der Waals surface area (Å²) in [4.78, 5) is 10.2. The number of benzene rings is 6. The molecule has 0 amide bonds. The van der Waals surface area contributed by atoms with Crippen LogP contribution in [0.1, 0.15) is 0 Å². The fourth-order valence-electron chi connectivity index (χ4n) is 6.36. The lowest BCUT2D eigenvalue weighted by molar-refractivity contribution is 0.667. The normalized spacial score (nSPS) is 11.6. The predicted octanol–water partition coefficient (Wildman–Crippen LogP) is 10.5. The first-order valence-electron chi connectivity index (χ1n) is 14.8. The molecule has 44 heavy (non-hydrogen) atoms. The van der Waals surface area contributed by atoms with Crippen LogP contribution in [0.15, 0.2) is 156 Å². The largest absolute Gasteiger partial charge is 0.452 e. The third-order valence-electron chi connectivity index (χ3n) is 8.41. The molecule has 0 unspecified atom stereocenters. The second-order valence-electron chi connectivity index (χ2n) is 11.0. The zero-order chi connectivity index (χ0) is 29.0. The Morgan fingerprint density at radius 3 is 1.98 bits per heavy atom. The number of para-hydroxylation sites is 3. The molecule has 0 bridgehead atoms. The average molecular weight is 564 g/mol. The van der Waals surface area contributed by atoms with Crippen LogP contribution in [0, 0.1) is 0 Å². The van der Waals surface area contributed by atoms with E-state index in [0.717, 1.165) is 50.1 Å². The van der Waals surface area contributed by atoms with E-state index in [-0.39, 0.29) is 0 Å². The van der Waals surface area contributed by atoms with Crippen LogP contribution in [0.2, 0.25) is 0 Å². The quantitative estimate of drug-likeness (QED) is 0.214. The van der Waals surface area contributed by atoms with Gasteiger partial charge in [0.2, 0.25) is 0 Å². The molecule has 3 aromatic heterocycles. The lowest BCUT2D eigenvalue weighted by Gasteiger charge is -2.09. The molecule has 0 spiro atoms. The van der Waals surface area contributed by atoms with Gasteiger partial charge in [-0.05, 0) is 59.7 Å². The highest BCUT2D eigenvalue weighted by Gasteiger charge is 2.18. The third kappa shape index (κ3) is 3.85. The molecular weight excluding hydrogens is 538 g/mol. The highest BCUT2D eigenvalue weighted by atomic mass is 16.3. The SMILES string of the molecule is c1ccc(-c2nc(-c3cccc(-c4ccc5c(c4)c4ccccc4n5-c4ccccc4)c3)nc3c2oc2ccccc23)cc1. The van der Waals surface area contributed by atoms with Crippen molar-refractivity contribution < 1.29 is 4.42 Å². The van der Waals surface area contributed by atoms with Crippen LogP contribution in [-0.2, 0) is 0 Å². The molecule has 4 nitrogen and oxygen atoms in total. The van der Waals surface area contributed by atoms with Crippen molar-refractivity contribution in [3.8, 4) is 39.5 Å². The van der Waals surface area contributed by atoms with Gasteiger partial charge in [-0.15, -0.1) is 0 Å². The van der Waals surface area contributed by atoms with E-state index in [9.17, 15) is 0 Å². The summed E-state index contributed by atoms with van der Waals surface area (Å²) in [5.41, 5.74) is 10.9. The second-order valence-corrected chi connectivity index (χ2v) is 11.0. The average Bonchev–Trinajstić information content (AvgIpc) is 3.64. The van der Waals surface area contributed by atoms with Crippen LogP contribution >= 0.6 is 0 Å². The summed E-state index contributed by atoms with van der Waals surface area (Å²) in [6.45, 7) is 0. The van der Waals surface area contributed by atoms with Gasteiger partial charge in [0.1, 0.15) is 16.8 Å². The van der Waals surface area contributed by atoms with E-state index in [1.54, 1.807) is 0 Å². The van der Waals surface area contributed by atoms with E-state index < -0.39 is 0 Å². The van der Waals surface area contributed by atoms with E-state index in [1.807, 2.05) is 36.4 Å². The van der Waals surface area contributed by atoms with Gasteiger partial charge in [0.05, 0.1) is 11.0 Å². The van der Waals surface area contributed by atoms with E-state index in [0.29, 0.717) is 11.4 Å². The molecule has 0 radical (unpaired) electrons. The summed E-state index contributed by atoms with van der Waals surface area (Å²) in [6.07, 6.45) is 0. The van der Waals surface area contributed by atoms with E-state index in [1.165, 1.54) is 21.8 Å². The van der Waals surface area contributed by atoms with Gasteiger partial charge in [0.25, 0.3) is 0 Å². The molecule has 206 valence electrons. The molecule has 0 aliphatic rings. The van der Waals surface area contributed by atoms with Crippen molar-refractivity contribution in [2.45, 2.75) is 0 Å². The molecule has 0 fully saturated rings. The van der Waals surface area contributed by atoms with Crippen LogP contribution in [0.25, 0.3) is 83.3 Å². The van der Waals surface area contributed by atoms with Crippen molar-refractivity contribution in [2.75, 3.05) is 0 Å². The molecule has 0 saturated carbocycles. The Morgan fingerprint density at radius 1 is 0.455 bits per heavy atom. The van der Waals surface area contributed by atoms with Gasteiger partial charge < -0.3 is 8.98 Å². The van der Waals surface area contributed by atoms with Crippen LogP contribution in [0.3, 0.4) is 0 Å². The number of fused-ring (bicyclic) bond motifs is 6. The smallest absolute Gasteiger partial charge is 0.180 e. The number of rotatable bonds is 4. The minimum Gasteiger partial charge on any atom is -0.452 e. The zero-order valence-electron chi connectivity index (χ0n) is 23.7. The maximum Gasteiger partial charge on any atom is 0.180 e. The lowest BCUT2D eigenvalue weighted by atomic mass is 10.0. The Hall–Kier alpha value is -6.00. The monoisotopic (exact) mass is 563 g/mol. The van der Waals surface area contributed by atoms with Crippen molar-refractivity contribution in [1.29, 1.82) is 0 Å². The molecule has 9 rings (SSSR count). The maximum absolute atomic E-state index is 6.30. The van der Waals surface area contributed by atoms with Gasteiger partial charge >= 0.3 is 0 Å². The Kier molecular flexibility index (Phi) is 5.47. The first-order chi connectivity index (χ1) is 21.8. The molecule has 9 aromatic rings. The molecule has 0 N–H and O–H groups in total. The number of nitrogens with zero attached hydrogens (tertiary/aromatic N) is 3. The Bertz CT molecular complexity index is 2490. The molecular formula is C40H25N3O. The minimum absolute atomic E-state index is 0.673. The standard InChI is InChI=1S/C40H25N3O/c1-3-12-26(13-4-1)37-39-38(32-19-8-10-21-36(32)44-39)42-40(41-37)29-15-11-14-27(24-29)28-22-23-35-33(25-28)31-18-7-9-20-34(31)43(35)30-16-5-2-6-17-30/h1-25H. The molecule has 0 atom stereocenters. The fraction of sp³-hybridized carbons (Fsp3) is 0. The highest BCUT2D eigenvalue weighted by molar-refractivity contribution is 6.10. The molecule has 0 aliphatic heterocycles. The third-order valence-corrected chi connectivity index (χ3v) is 8.41. The van der Waals surface area contributed by atoms with Gasteiger partial charge in [-0.2, -0.15) is 0 Å². The summed E-state index contributed by atoms with van der Waals surface area (Å²) in [5, 5.41) is 3.44. The van der Waals surface area contributed by atoms with E-state index in [2.05, 4.69) is 120 Å². The fourth-order valence-corrected chi connectivity index (χ4v) is 6.36. The molecule has 3 heterocycles. The van der Waals surface area contributed by atoms with Crippen LogP contribution in [0.5, 0.6) is 0 Å². The summed E-state index contributed by atoms with van der Waals surface area (Å²) in [7, 11) is 0. The summed E-state index contributed by atoms with van der Waals surface area (Å²) in [6, 6.07) is 52.7. The second kappa shape index (κ2) is 9.79. The van der Waals surface area contributed by atoms with E-state index >= 15 is 0 Å². The van der Waals surface area contributed by atoms with Gasteiger partial charge in [-0.3, -0.25) is 0 Å². The number of hydrogen-bond acceptors (Lipinski definition) is 3. The van der Waals surface area contributed by atoms with Crippen LogP contribution in [-0.4, -0.2) is 14.5 Å². The molecule has 4 heteroatoms. The zero-order valence-corrected chi connectivity index (χ0v) is 23.7. The maximum atomic E-state index is 6.30. The summed E-state index contributed by atoms with van der Waals surface area (Å²) in [5.74, 6) is 0.673. The highest BCUT2D eigenvalue weighted by Crippen LogP contribution is 2.38. The summed E-state index contributed by atoms with van der Waals surface area (Å²) >= 11 is 0. The van der Waals surface area contributed by atoms with E-state index in [4.69, 9.17) is 14.4 Å². The van der Waals surface area contributed by atoms with Crippen molar-refractivity contribution in [3.05, 3.63) is 152 Å². The molecule has 6 aromatic carbocycles. The summed E-state index contributed by atoms with van der Waals surface area (Å²) < 4.78 is 8.65. The van der Waals surface area contributed by atoms with Crippen LogP contribution < -0.4 is 0 Å². The predicted molar refractivity (Wildman–Crippen MR) is 180 cm³/mol. The number of aromatic nitrogens is 3. The number of hydrogen-bond donors (Lipinski definition) is 0. The Morgan fingerprint density at radius 2 is 1.11 bits per heavy atom. The van der Waals surface area contributed by atoms with Gasteiger partial charge in [-0.25, -0.2) is 9.97 Å².